The highest BCUT2D eigenvalue weighted by atomic mass is 35.5. The van der Waals surface area contributed by atoms with Crippen LogP contribution in [-0.2, 0) is 19.6 Å². The number of benzene rings is 1. The molecule has 2 aromatic rings. The van der Waals surface area contributed by atoms with E-state index in [0.29, 0.717) is 6.61 Å². The highest BCUT2D eigenvalue weighted by Gasteiger charge is 2.11. The summed E-state index contributed by atoms with van der Waals surface area (Å²) in [5, 5.41) is 4.05. The molecule has 1 aliphatic rings. The van der Waals surface area contributed by atoms with Crippen molar-refractivity contribution < 1.29 is 4.74 Å². The number of hydrogen-bond acceptors (Lipinski definition) is 4. The summed E-state index contributed by atoms with van der Waals surface area (Å²) in [6, 6.07) is 5.62. The molecule has 0 atom stereocenters. The summed E-state index contributed by atoms with van der Waals surface area (Å²) >= 11 is 5.99. The molecule has 112 valence electrons. The summed E-state index contributed by atoms with van der Waals surface area (Å²) in [5.41, 5.74) is 3.31. The molecule has 0 radical (unpaired) electrons. The van der Waals surface area contributed by atoms with Crippen molar-refractivity contribution >= 4 is 24.0 Å². The van der Waals surface area contributed by atoms with E-state index in [2.05, 4.69) is 15.3 Å². The van der Waals surface area contributed by atoms with Crippen LogP contribution in [-0.4, -0.2) is 16.5 Å². The van der Waals surface area contributed by atoms with Gasteiger partial charge < -0.3 is 10.1 Å². The SMILES string of the molecule is Cc1cc(OCc2ncc3c(n2)CCNC3)ccc1Cl.Cl. The Morgan fingerprint density at radius 1 is 1.38 bits per heavy atom. The van der Waals surface area contributed by atoms with Gasteiger partial charge in [-0.05, 0) is 30.7 Å². The third-order valence-electron chi connectivity index (χ3n) is 3.36. The fraction of sp³-hybridized carbons (Fsp3) is 0.333. The first-order valence-electron chi connectivity index (χ1n) is 6.66. The predicted octanol–water partition coefficient (Wildman–Crippen LogP) is 3.08. The Morgan fingerprint density at radius 2 is 2.24 bits per heavy atom. The maximum absolute atomic E-state index is 5.99. The van der Waals surface area contributed by atoms with E-state index in [4.69, 9.17) is 16.3 Å². The van der Waals surface area contributed by atoms with Gasteiger partial charge in [-0.3, -0.25) is 0 Å². The number of aromatic nitrogens is 2. The van der Waals surface area contributed by atoms with Gasteiger partial charge in [0.05, 0.1) is 0 Å². The second-order valence-electron chi connectivity index (χ2n) is 4.88. The number of rotatable bonds is 3. The van der Waals surface area contributed by atoms with Gasteiger partial charge in [-0.1, -0.05) is 11.6 Å². The number of ether oxygens (including phenoxy) is 1. The van der Waals surface area contributed by atoms with Gasteiger partial charge in [0.1, 0.15) is 12.4 Å². The van der Waals surface area contributed by atoms with Crippen LogP contribution in [0.4, 0.5) is 0 Å². The zero-order valence-electron chi connectivity index (χ0n) is 11.7. The van der Waals surface area contributed by atoms with Crippen molar-refractivity contribution in [1.82, 2.24) is 15.3 Å². The fourth-order valence-electron chi connectivity index (χ4n) is 2.20. The molecule has 0 saturated carbocycles. The number of halogens is 2. The van der Waals surface area contributed by atoms with E-state index < -0.39 is 0 Å². The lowest BCUT2D eigenvalue weighted by atomic mass is 10.1. The highest BCUT2D eigenvalue weighted by molar-refractivity contribution is 6.31. The molecular formula is C15H17Cl2N3O. The molecule has 0 amide bonds. The van der Waals surface area contributed by atoms with Gasteiger partial charge in [-0.25, -0.2) is 9.97 Å². The summed E-state index contributed by atoms with van der Waals surface area (Å²) in [5.74, 6) is 1.51. The quantitative estimate of drug-likeness (QED) is 0.942. The lowest BCUT2D eigenvalue weighted by molar-refractivity contribution is 0.294. The molecule has 0 saturated heterocycles. The van der Waals surface area contributed by atoms with E-state index in [0.717, 1.165) is 47.4 Å². The zero-order chi connectivity index (χ0) is 13.9. The van der Waals surface area contributed by atoms with Crippen molar-refractivity contribution in [3.63, 3.8) is 0 Å². The summed E-state index contributed by atoms with van der Waals surface area (Å²) in [7, 11) is 0. The number of aryl methyl sites for hydroxylation is 1. The molecular weight excluding hydrogens is 309 g/mol. The van der Waals surface area contributed by atoms with Crippen LogP contribution in [0.1, 0.15) is 22.6 Å². The van der Waals surface area contributed by atoms with Crippen molar-refractivity contribution in [2.75, 3.05) is 6.54 Å². The second kappa shape index (κ2) is 7.07. The smallest absolute Gasteiger partial charge is 0.166 e. The van der Waals surface area contributed by atoms with Gasteiger partial charge in [0.25, 0.3) is 0 Å². The van der Waals surface area contributed by atoms with Crippen LogP contribution in [0.3, 0.4) is 0 Å². The van der Waals surface area contributed by atoms with Crippen molar-refractivity contribution in [2.45, 2.75) is 26.5 Å². The lowest BCUT2D eigenvalue weighted by Gasteiger charge is -2.16. The van der Waals surface area contributed by atoms with Gasteiger partial charge >= 0.3 is 0 Å². The minimum Gasteiger partial charge on any atom is -0.486 e. The van der Waals surface area contributed by atoms with E-state index in [9.17, 15) is 0 Å². The maximum atomic E-state index is 5.99. The van der Waals surface area contributed by atoms with Gasteiger partial charge in [0.15, 0.2) is 5.82 Å². The Morgan fingerprint density at radius 3 is 3.05 bits per heavy atom. The topological polar surface area (TPSA) is 47.0 Å². The molecule has 0 aliphatic carbocycles. The lowest BCUT2D eigenvalue weighted by Crippen LogP contribution is -2.25. The minimum atomic E-state index is 0. The molecule has 3 rings (SSSR count). The summed E-state index contributed by atoms with van der Waals surface area (Å²) in [6.07, 6.45) is 2.84. The molecule has 4 nitrogen and oxygen atoms in total. The minimum absolute atomic E-state index is 0. The van der Waals surface area contributed by atoms with E-state index in [-0.39, 0.29) is 12.4 Å². The molecule has 1 aromatic heterocycles. The van der Waals surface area contributed by atoms with E-state index in [1.165, 1.54) is 5.56 Å². The summed E-state index contributed by atoms with van der Waals surface area (Å²) in [6.45, 7) is 4.16. The predicted molar refractivity (Wildman–Crippen MR) is 85.2 cm³/mol. The van der Waals surface area contributed by atoms with Crippen molar-refractivity contribution in [3.05, 3.63) is 52.1 Å². The van der Waals surface area contributed by atoms with Crippen LogP contribution < -0.4 is 10.1 Å². The molecule has 1 aromatic carbocycles. The maximum Gasteiger partial charge on any atom is 0.166 e. The highest BCUT2D eigenvalue weighted by Crippen LogP contribution is 2.21. The average Bonchev–Trinajstić information content (AvgIpc) is 2.48. The van der Waals surface area contributed by atoms with Crippen molar-refractivity contribution in [1.29, 1.82) is 0 Å². The summed E-state index contributed by atoms with van der Waals surface area (Å²) < 4.78 is 5.72. The fourth-order valence-corrected chi connectivity index (χ4v) is 2.32. The van der Waals surface area contributed by atoms with Gasteiger partial charge in [0.2, 0.25) is 0 Å². The van der Waals surface area contributed by atoms with E-state index in [1.807, 2.05) is 31.3 Å². The number of nitrogens with one attached hydrogen (secondary N) is 1. The first-order chi connectivity index (χ1) is 9.72. The van der Waals surface area contributed by atoms with Crippen molar-refractivity contribution in [3.8, 4) is 5.75 Å². The summed E-state index contributed by atoms with van der Waals surface area (Å²) in [4.78, 5) is 8.91. The van der Waals surface area contributed by atoms with E-state index >= 15 is 0 Å². The van der Waals surface area contributed by atoms with Crippen LogP contribution in [0.5, 0.6) is 5.75 Å². The standard InChI is InChI=1S/C15H16ClN3O.ClH/c1-10-6-12(2-3-13(10)16)20-9-15-18-8-11-7-17-5-4-14(11)19-15;/h2-3,6,8,17H,4-5,7,9H2,1H3;1H. The molecule has 0 bridgehead atoms. The molecule has 0 fully saturated rings. The molecule has 1 aliphatic heterocycles. The van der Waals surface area contributed by atoms with Crippen LogP contribution in [0.25, 0.3) is 0 Å². The van der Waals surface area contributed by atoms with Crippen LogP contribution >= 0.6 is 24.0 Å². The Bertz CT molecular complexity index is 634. The van der Waals surface area contributed by atoms with Gasteiger partial charge in [-0.15, -0.1) is 12.4 Å². The third kappa shape index (κ3) is 3.84. The molecule has 1 N–H and O–H groups in total. The molecule has 2 heterocycles. The average molecular weight is 326 g/mol. The second-order valence-corrected chi connectivity index (χ2v) is 5.29. The monoisotopic (exact) mass is 325 g/mol. The first kappa shape index (κ1) is 16.0. The number of nitrogens with zero attached hydrogens (tertiary/aromatic N) is 2. The van der Waals surface area contributed by atoms with Crippen LogP contribution in [0, 0.1) is 6.92 Å². The molecule has 21 heavy (non-hydrogen) atoms. The van der Waals surface area contributed by atoms with Gasteiger partial charge in [0, 0.05) is 42.0 Å². The zero-order valence-corrected chi connectivity index (χ0v) is 13.3. The molecule has 0 unspecified atom stereocenters. The first-order valence-corrected chi connectivity index (χ1v) is 7.03. The van der Waals surface area contributed by atoms with Crippen LogP contribution in [0.2, 0.25) is 5.02 Å². The molecule has 6 heteroatoms. The van der Waals surface area contributed by atoms with Crippen LogP contribution in [0.15, 0.2) is 24.4 Å². The normalized spacial score (nSPS) is 13.2. The Labute approximate surface area is 135 Å². The van der Waals surface area contributed by atoms with E-state index in [1.54, 1.807) is 0 Å². The number of fused-ring (bicyclic) bond motifs is 1. The Hall–Kier alpha value is -1.36. The van der Waals surface area contributed by atoms with Gasteiger partial charge in [-0.2, -0.15) is 0 Å². The Kier molecular flexibility index (Phi) is 5.39. The molecule has 0 spiro atoms. The van der Waals surface area contributed by atoms with Crippen molar-refractivity contribution in [2.24, 2.45) is 0 Å². The largest absolute Gasteiger partial charge is 0.486 e. The number of hydrogen-bond donors (Lipinski definition) is 1. The Balaban J connectivity index is 0.00000161. The third-order valence-corrected chi connectivity index (χ3v) is 3.78.